The first-order valence-electron chi connectivity index (χ1n) is 38.8. The SMILES string of the molecule is CCCCCCCCC=CCCCCCCCCCCCCCC(=O)N[C@@H](CO[C@@H]1O[C@H](CO)[C@@H](O[C@@H]2O[C@H](CO)[C@H](O[C@@H]3O[C@H](CO)[C@H](O)[C@H](O)[C@H]3CC(C)=O)[C@H](O[C@]3(C(=O)O)C[C@H](O)[C@@H](NC(C)=O)C([C@H](O)[C@H](O)CO)O3)[C@H]2O)[C@H](O)[C@H]1O)[C@H](O)CCCCCCCCCCCCCCC. The van der Waals surface area contributed by atoms with Gasteiger partial charge >= 0.3 is 5.97 Å². The predicted molar refractivity (Wildman–Crippen MR) is 375 cm³/mol. The van der Waals surface area contributed by atoms with Gasteiger partial charge in [-0.1, -0.05) is 199 Å². The number of allylic oxidation sites excluding steroid dienone is 2. The smallest absolute Gasteiger partial charge is 0.364 e. The van der Waals surface area contributed by atoms with Crippen LogP contribution in [0.5, 0.6) is 0 Å². The second kappa shape index (κ2) is 51.3. The molecule has 4 heterocycles. The van der Waals surface area contributed by atoms with E-state index in [2.05, 4.69) is 36.6 Å². The highest BCUT2D eigenvalue weighted by molar-refractivity contribution is 5.77. The molecule has 0 aromatic heterocycles. The molecule has 0 radical (unpaired) electrons. The Labute approximate surface area is 604 Å². The molecule has 0 saturated carbocycles. The van der Waals surface area contributed by atoms with Crippen molar-refractivity contribution in [3.8, 4) is 0 Å². The minimum atomic E-state index is -3.26. The van der Waals surface area contributed by atoms with Crippen LogP contribution in [-0.2, 0) is 57.1 Å². The van der Waals surface area contributed by atoms with Crippen LogP contribution in [0, 0.1) is 5.92 Å². The van der Waals surface area contributed by atoms with Crippen molar-refractivity contribution in [1.29, 1.82) is 0 Å². The first-order chi connectivity index (χ1) is 49.0. The fraction of sp³-hybridized carbons (Fsp3) is 0.919. The molecule has 0 bridgehead atoms. The van der Waals surface area contributed by atoms with E-state index in [-0.39, 0.29) is 12.3 Å². The number of aliphatic hydroxyl groups excluding tert-OH is 13. The third-order valence-electron chi connectivity index (χ3n) is 20.3. The molecule has 4 aliphatic rings. The van der Waals surface area contributed by atoms with Crippen molar-refractivity contribution < 1.29 is 129 Å². The maximum Gasteiger partial charge on any atom is 0.364 e. The van der Waals surface area contributed by atoms with Gasteiger partial charge in [0.05, 0.1) is 63.4 Å². The quantitative estimate of drug-likeness (QED) is 0.0293. The number of unbranched alkanes of at least 4 members (excludes halogenated alkanes) is 29. The van der Waals surface area contributed by atoms with Crippen molar-refractivity contribution in [3.05, 3.63) is 12.2 Å². The summed E-state index contributed by atoms with van der Waals surface area (Å²) in [7, 11) is 0. The van der Waals surface area contributed by atoms with Gasteiger partial charge in [0, 0.05) is 32.1 Å². The van der Waals surface area contributed by atoms with Gasteiger partial charge in [-0.15, -0.1) is 0 Å². The van der Waals surface area contributed by atoms with E-state index in [1.807, 2.05) is 0 Å². The van der Waals surface area contributed by atoms with Gasteiger partial charge in [0.25, 0.3) is 5.79 Å². The Morgan fingerprint density at radius 2 is 1.00 bits per heavy atom. The Hall–Kier alpha value is -3.02. The van der Waals surface area contributed by atoms with Gasteiger partial charge in [0.1, 0.15) is 85.1 Å². The number of rotatable bonds is 56. The number of nitrogens with one attached hydrogen (secondary N) is 2. The fourth-order valence-electron chi connectivity index (χ4n) is 14.1. The third-order valence-corrected chi connectivity index (χ3v) is 20.3. The Kier molecular flexibility index (Phi) is 46.0. The molecule has 4 rings (SSSR count). The first-order valence-corrected chi connectivity index (χ1v) is 38.8. The van der Waals surface area contributed by atoms with Crippen LogP contribution >= 0.6 is 0 Å². The summed E-state index contributed by atoms with van der Waals surface area (Å²) in [6.07, 6.45) is 3.33. The molecule has 596 valence electrons. The fourth-order valence-corrected chi connectivity index (χ4v) is 14.1. The van der Waals surface area contributed by atoms with E-state index in [1.165, 1.54) is 135 Å². The molecule has 4 aliphatic heterocycles. The largest absolute Gasteiger partial charge is 0.477 e. The van der Waals surface area contributed by atoms with Crippen molar-refractivity contribution in [1.82, 2.24) is 10.6 Å². The van der Waals surface area contributed by atoms with E-state index >= 15 is 0 Å². The lowest BCUT2D eigenvalue weighted by Gasteiger charge is -2.52. The monoisotopic (exact) mass is 1470 g/mol. The zero-order valence-electron chi connectivity index (χ0n) is 61.5. The van der Waals surface area contributed by atoms with Crippen LogP contribution in [0.1, 0.15) is 259 Å². The van der Waals surface area contributed by atoms with Gasteiger partial charge in [0.15, 0.2) is 18.9 Å². The van der Waals surface area contributed by atoms with E-state index in [1.54, 1.807) is 0 Å². The number of carboxylic acid groups (broad SMARTS) is 1. The normalized spacial score (nSPS) is 31.2. The standard InChI is InChI=1S/C74H134N2O26/c1-5-7-9-11-13-15-17-19-20-21-22-23-24-25-26-28-30-32-34-36-38-40-58(86)76-51(52(83)39-37-35-33-31-29-27-18-16-14-12-10-8-6-2)47-95-71-64(91)63(90)66(56(45-79)97-71)99-72-65(92)69(67(57(46-80)98-72)100-70-50(41-48(3)81)60(87)62(89)55(44-78)96-70)102-74(73(93)94)42-53(84)59(75-49(4)82)68(101-74)61(88)54(85)43-77/h19-20,50-57,59-72,77-80,83-85,87-92H,5-18,21-47H2,1-4H3,(H,75,82)(H,76,86)(H,93,94)/t50-,51+,52-,53+,54-,55-,56-,57-,59-,60-,61-,62+,63-,64-,65-,66-,67+,68?,69-,70+,71-,72+,74+/m1/s1. The lowest BCUT2D eigenvalue weighted by molar-refractivity contribution is -0.403. The van der Waals surface area contributed by atoms with Crippen LogP contribution in [0.2, 0.25) is 0 Å². The number of carbonyl (C=O) groups is 4. The summed E-state index contributed by atoms with van der Waals surface area (Å²) < 4.78 is 48.2. The van der Waals surface area contributed by atoms with Gasteiger partial charge in [0.2, 0.25) is 11.8 Å². The molecule has 4 fully saturated rings. The third kappa shape index (κ3) is 31.3. The van der Waals surface area contributed by atoms with Crippen LogP contribution in [0.3, 0.4) is 0 Å². The molecule has 16 N–H and O–H groups in total. The van der Waals surface area contributed by atoms with Crippen molar-refractivity contribution in [2.75, 3.05) is 33.0 Å². The zero-order valence-corrected chi connectivity index (χ0v) is 61.5. The lowest BCUT2D eigenvalue weighted by atomic mass is 9.87. The summed E-state index contributed by atoms with van der Waals surface area (Å²) in [5, 5.41) is 161. The van der Waals surface area contributed by atoms with Gasteiger partial charge in [-0.2, -0.15) is 0 Å². The maximum atomic E-state index is 13.6. The second-order valence-corrected chi connectivity index (χ2v) is 28.9. The van der Waals surface area contributed by atoms with Gasteiger partial charge in [-0.05, 0) is 45.4 Å². The molecule has 23 atom stereocenters. The van der Waals surface area contributed by atoms with E-state index in [4.69, 9.17) is 37.9 Å². The minimum Gasteiger partial charge on any atom is -0.477 e. The number of Topliss-reactive ketones (excluding diaryl/α,β-unsaturated/α-hetero) is 1. The molecule has 0 aliphatic carbocycles. The zero-order chi connectivity index (χ0) is 75.0. The van der Waals surface area contributed by atoms with Gasteiger partial charge in [-0.3, -0.25) is 9.59 Å². The Morgan fingerprint density at radius 1 is 0.529 bits per heavy atom. The summed E-state index contributed by atoms with van der Waals surface area (Å²) >= 11 is 0. The van der Waals surface area contributed by atoms with E-state index in [9.17, 15) is 90.7 Å². The average molecular weight is 1470 g/mol. The van der Waals surface area contributed by atoms with E-state index < -0.39 is 204 Å². The van der Waals surface area contributed by atoms with E-state index in [0.29, 0.717) is 19.3 Å². The number of hydrogen-bond donors (Lipinski definition) is 16. The van der Waals surface area contributed by atoms with Crippen molar-refractivity contribution in [2.45, 2.75) is 393 Å². The number of aliphatic hydroxyl groups is 13. The maximum absolute atomic E-state index is 13.6. The van der Waals surface area contributed by atoms with Crippen LogP contribution in [0.4, 0.5) is 0 Å². The van der Waals surface area contributed by atoms with Gasteiger partial charge in [-0.25, -0.2) is 4.79 Å². The van der Waals surface area contributed by atoms with Crippen molar-refractivity contribution in [2.24, 2.45) is 5.92 Å². The van der Waals surface area contributed by atoms with E-state index in [0.717, 1.165) is 71.6 Å². The molecule has 0 aromatic carbocycles. The molecule has 0 aromatic rings. The molecule has 2 amide bonds. The summed E-state index contributed by atoms with van der Waals surface area (Å²) in [6, 6.07) is -2.70. The summed E-state index contributed by atoms with van der Waals surface area (Å²) in [5.41, 5.74) is 0. The highest BCUT2D eigenvalue weighted by Gasteiger charge is 2.61. The molecule has 28 heteroatoms. The molecular formula is C74H134N2O26. The molecule has 102 heavy (non-hydrogen) atoms. The summed E-state index contributed by atoms with van der Waals surface area (Å²) in [6.45, 7) is 2.01. The summed E-state index contributed by atoms with van der Waals surface area (Å²) in [5.74, 6) is -8.50. The number of ketones is 1. The van der Waals surface area contributed by atoms with Crippen molar-refractivity contribution >= 4 is 23.6 Å². The molecule has 28 nitrogen and oxygen atoms in total. The first kappa shape index (κ1) is 91.4. The molecule has 1 unspecified atom stereocenters. The number of carbonyl (C=O) groups excluding carboxylic acids is 3. The number of amides is 2. The Bertz CT molecular complexity index is 2280. The second-order valence-electron chi connectivity index (χ2n) is 28.9. The minimum absolute atomic E-state index is 0.185. The van der Waals surface area contributed by atoms with Crippen LogP contribution in [-0.4, -0.2) is 262 Å². The Morgan fingerprint density at radius 3 is 1.49 bits per heavy atom. The number of hydrogen-bond acceptors (Lipinski definition) is 25. The summed E-state index contributed by atoms with van der Waals surface area (Å²) in [4.78, 5) is 52.2. The topological polar surface area (TPSA) is 449 Å². The number of carboxylic acids is 1. The molecule has 4 saturated heterocycles. The average Bonchev–Trinajstić information content (AvgIpc) is 0.751. The van der Waals surface area contributed by atoms with Crippen LogP contribution in [0.25, 0.3) is 0 Å². The Balaban J connectivity index is 1.47. The highest BCUT2D eigenvalue weighted by atomic mass is 16.8. The van der Waals surface area contributed by atoms with Crippen LogP contribution in [0.15, 0.2) is 12.2 Å². The van der Waals surface area contributed by atoms with Crippen molar-refractivity contribution in [3.63, 3.8) is 0 Å². The number of ether oxygens (including phenoxy) is 8. The molecular weight excluding hydrogens is 1330 g/mol. The highest BCUT2D eigenvalue weighted by Crippen LogP contribution is 2.41. The van der Waals surface area contributed by atoms with Gasteiger partial charge < -0.3 is 125 Å². The number of aliphatic carboxylic acids is 1. The molecule has 0 spiro atoms. The predicted octanol–water partition coefficient (Wildman–Crippen LogP) is 4.56. The lowest BCUT2D eigenvalue weighted by Crippen LogP contribution is -2.71. The van der Waals surface area contributed by atoms with Crippen LogP contribution < -0.4 is 10.6 Å².